The highest BCUT2D eigenvalue weighted by atomic mass is 35.5. The van der Waals surface area contributed by atoms with E-state index in [0.29, 0.717) is 22.3 Å². The van der Waals surface area contributed by atoms with Crippen molar-refractivity contribution in [1.29, 1.82) is 0 Å². The second-order valence-corrected chi connectivity index (χ2v) is 7.22. The van der Waals surface area contributed by atoms with Crippen molar-refractivity contribution in [3.05, 3.63) is 65.7 Å². The fraction of sp³-hybridized carbons (Fsp3) is 0.0588. The molecule has 6 nitrogen and oxygen atoms in total. The van der Waals surface area contributed by atoms with Crippen LogP contribution in [0, 0.1) is 0 Å². The molecule has 8 heteroatoms. The summed E-state index contributed by atoms with van der Waals surface area (Å²) < 4.78 is 32.5. The summed E-state index contributed by atoms with van der Waals surface area (Å²) in [6.07, 6.45) is 0. The number of hydrogen-bond acceptors (Lipinski definition) is 5. The zero-order valence-electron chi connectivity index (χ0n) is 13.2. The van der Waals surface area contributed by atoms with Crippen molar-refractivity contribution in [1.82, 2.24) is 10.2 Å². The van der Waals surface area contributed by atoms with Crippen LogP contribution in [-0.2, 0) is 10.0 Å². The number of nitrogens with one attached hydrogen (secondary N) is 1. The van der Waals surface area contributed by atoms with E-state index in [9.17, 15) is 8.42 Å². The molecule has 0 aliphatic heterocycles. The van der Waals surface area contributed by atoms with Gasteiger partial charge in [-0.15, -0.1) is 10.2 Å². The van der Waals surface area contributed by atoms with Crippen LogP contribution in [0.4, 0.5) is 5.69 Å². The topological polar surface area (TPSA) is 81.2 Å². The van der Waals surface area contributed by atoms with E-state index < -0.39 is 10.0 Å². The van der Waals surface area contributed by atoms with E-state index in [2.05, 4.69) is 14.9 Å². The molecular formula is C17H14ClN3O3S. The van der Waals surface area contributed by atoms with Crippen LogP contribution >= 0.6 is 11.6 Å². The van der Waals surface area contributed by atoms with Gasteiger partial charge in [-0.2, -0.15) is 0 Å². The van der Waals surface area contributed by atoms with Crippen molar-refractivity contribution in [2.24, 2.45) is 0 Å². The van der Waals surface area contributed by atoms with Gasteiger partial charge in [0.15, 0.2) is 0 Å². The number of anilines is 1. The molecule has 1 N–H and O–H groups in total. The summed E-state index contributed by atoms with van der Waals surface area (Å²) in [7, 11) is -2.23. The van der Waals surface area contributed by atoms with Gasteiger partial charge >= 0.3 is 0 Å². The van der Waals surface area contributed by atoms with E-state index in [4.69, 9.17) is 16.3 Å². The summed E-state index contributed by atoms with van der Waals surface area (Å²) >= 11 is 5.87. The average Bonchev–Trinajstić information content (AvgIpc) is 2.62. The molecule has 0 fully saturated rings. The number of nitrogens with zero attached hydrogens (tertiary/aromatic N) is 2. The second-order valence-electron chi connectivity index (χ2n) is 5.10. The maximum Gasteiger partial charge on any atom is 0.261 e. The van der Waals surface area contributed by atoms with Crippen LogP contribution in [0.3, 0.4) is 0 Å². The monoisotopic (exact) mass is 375 g/mol. The van der Waals surface area contributed by atoms with E-state index >= 15 is 0 Å². The lowest BCUT2D eigenvalue weighted by Crippen LogP contribution is -2.12. The first-order valence-electron chi connectivity index (χ1n) is 7.24. The molecule has 0 aliphatic rings. The summed E-state index contributed by atoms with van der Waals surface area (Å²) in [4.78, 5) is 0.0923. The van der Waals surface area contributed by atoms with Gasteiger partial charge in [-0.05, 0) is 36.4 Å². The Balaban J connectivity index is 1.88. The summed E-state index contributed by atoms with van der Waals surface area (Å²) in [6.45, 7) is 0. The maximum absolute atomic E-state index is 12.5. The predicted octanol–water partition coefficient (Wildman–Crippen LogP) is 3.61. The van der Waals surface area contributed by atoms with Crippen LogP contribution in [0.5, 0.6) is 5.88 Å². The molecule has 0 amide bonds. The molecule has 128 valence electrons. The van der Waals surface area contributed by atoms with Gasteiger partial charge in [-0.25, -0.2) is 8.42 Å². The largest absolute Gasteiger partial charge is 0.480 e. The van der Waals surface area contributed by atoms with Crippen molar-refractivity contribution >= 4 is 27.3 Å². The number of benzene rings is 2. The number of aromatic nitrogens is 2. The molecule has 0 radical (unpaired) electrons. The van der Waals surface area contributed by atoms with Crippen LogP contribution in [0.25, 0.3) is 11.3 Å². The average molecular weight is 376 g/mol. The quantitative estimate of drug-likeness (QED) is 0.736. The lowest BCUT2D eigenvalue weighted by atomic mass is 10.1. The van der Waals surface area contributed by atoms with Crippen LogP contribution in [0.2, 0.25) is 5.02 Å². The molecule has 0 saturated carbocycles. The van der Waals surface area contributed by atoms with Gasteiger partial charge < -0.3 is 4.74 Å². The number of ether oxygens (including phenoxy) is 1. The molecule has 0 aliphatic carbocycles. The number of rotatable bonds is 5. The highest BCUT2D eigenvalue weighted by Crippen LogP contribution is 2.24. The summed E-state index contributed by atoms with van der Waals surface area (Å²) in [5.74, 6) is 0.404. The predicted molar refractivity (Wildman–Crippen MR) is 96.3 cm³/mol. The fourth-order valence-corrected chi connectivity index (χ4v) is 3.52. The Labute approximate surface area is 150 Å². The number of hydrogen-bond donors (Lipinski definition) is 1. The first-order chi connectivity index (χ1) is 12.0. The number of sulfonamides is 1. The van der Waals surface area contributed by atoms with Gasteiger partial charge in [0.05, 0.1) is 17.7 Å². The first-order valence-corrected chi connectivity index (χ1v) is 9.10. The molecule has 1 aromatic heterocycles. The molecule has 0 bridgehead atoms. The van der Waals surface area contributed by atoms with Crippen molar-refractivity contribution < 1.29 is 13.2 Å². The van der Waals surface area contributed by atoms with Gasteiger partial charge in [0.2, 0.25) is 5.88 Å². The van der Waals surface area contributed by atoms with Crippen LogP contribution in [0.1, 0.15) is 0 Å². The Morgan fingerprint density at radius 3 is 2.48 bits per heavy atom. The lowest BCUT2D eigenvalue weighted by molar-refractivity contribution is 0.392. The Kier molecular flexibility index (Phi) is 4.87. The maximum atomic E-state index is 12.5. The van der Waals surface area contributed by atoms with Gasteiger partial charge in [0, 0.05) is 22.3 Å². The second kappa shape index (κ2) is 7.08. The minimum Gasteiger partial charge on any atom is -0.480 e. The summed E-state index contributed by atoms with van der Waals surface area (Å²) in [6, 6.07) is 16.4. The first kappa shape index (κ1) is 17.2. The Morgan fingerprint density at radius 2 is 1.80 bits per heavy atom. The molecular weight excluding hydrogens is 362 g/mol. The van der Waals surface area contributed by atoms with Gasteiger partial charge in [-0.1, -0.05) is 29.8 Å². The Bertz CT molecular complexity index is 992. The van der Waals surface area contributed by atoms with Gasteiger partial charge in [-0.3, -0.25) is 4.72 Å². The minimum absolute atomic E-state index is 0.0923. The van der Waals surface area contributed by atoms with Crippen LogP contribution < -0.4 is 9.46 Å². The molecule has 3 rings (SSSR count). The Morgan fingerprint density at radius 1 is 1.00 bits per heavy atom. The lowest BCUT2D eigenvalue weighted by Gasteiger charge is -2.10. The zero-order chi connectivity index (χ0) is 17.9. The third kappa shape index (κ3) is 4.07. The van der Waals surface area contributed by atoms with E-state index in [1.165, 1.54) is 19.2 Å². The van der Waals surface area contributed by atoms with Crippen LogP contribution in [0.15, 0.2) is 65.6 Å². The minimum atomic E-state index is -3.74. The standard InChI is InChI=1S/C17H14ClN3O3S/c1-24-17-9-8-16(19-20-17)12-4-2-6-14(10-12)21-25(22,23)15-7-3-5-13(18)11-15/h2-11,21H,1H3. The molecule has 0 spiro atoms. The van der Waals surface area contributed by atoms with E-state index in [0.717, 1.165) is 5.56 Å². The van der Waals surface area contributed by atoms with E-state index in [-0.39, 0.29) is 4.90 Å². The molecule has 25 heavy (non-hydrogen) atoms. The number of methoxy groups -OCH3 is 1. The van der Waals surface area contributed by atoms with E-state index in [1.807, 2.05) is 6.07 Å². The molecule has 2 aromatic carbocycles. The molecule has 0 atom stereocenters. The SMILES string of the molecule is COc1ccc(-c2cccc(NS(=O)(=O)c3cccc(Cl)c3)c2)nn1. The van der Waals surface area contributed by atoms with Gasteiger partial charge in [0.25, 0.3) is 10.0 Å². The molecule has 1 heterocycles. The molecule has 0 saturated heterocycles. The van der Waals surface area contributed by atoms with E-state index in [1.54, 1.807) is 42.5 Å². The molecule has 3 aromatic rings. The fourth-order valence-electron chi connectivity index (χ4n) is 2.17. The third-order valence-corrected chi connectivity index (χ3v) is 4.98. The molecule has 0 unspecified atom stereocenters. The summed E-state index contributed by atoms with van der Waals surface area (Å²) in [5.41, 5.74) is 1.74. The smallest absolute Gasteiger partial charge is 0.261 e. The number of halogens is 1. The highest BCUT2D eigenvalue weighted by Gasteiger charge is 2.15. The van der Waals surface area contributed by atoms with Crippen molar-refractivity contribution in [3.63, 3.8) is 0 Å². The van der Waals surface area contributed by atoms with Gasteiger partial charge in [0.1, 0.15) is 0 Å². The third-order valence-electron chi connectivity index (χ3n) is 3.37. The summed E-state index contributed by atoms with van der Waals surface area (Å²) in [5, 5.41) is 8.32. The van der Waals surface area contributed by atoms with Crippen molar-refractivity contribution in [3.8, 4) is 17.1 Å². The zero-order valence-corrected chi connectivity index (χ0v) is 14.8. The van der Waals surface area contributed by atoms with Crippen LogP contribution in [-0.4, -0.2) is 25.7 Å². The van der Waals surface area contributed by atoms with Crippen molar-refractivity contribution in [2.45, 2.75) is 4.90 Å². The highest BCUT2D eigenvalue weighted by molar-refractivity contribution is 7.92. The van der Waals surface area contributed by atoms with Crippen molar-refractivity contribution in [2.75, 3.05) is 11.8 Å². The Hall–Kier alpha value is -2.64. The normalized spacial score (nSPS) is 11.1.